The molecule has 6 nitrogen and oxygen atoms in total. The lowest BCUT2D eigenvalue weighted by molar-refractivity contribution is 0.0534. The highest BCUT2D eigenvalue weighted by Crippen LogP contribution is 2.24. The normalized spacial score (nSPS) is 14.7. The van der Waals surface area contributed by atoms with Gasteiger partial charge < -0.3 is 14.3 Å². The molecule has 132 valence electrons. The van der Waals surface area contributed by atoms with Gasteiger partial charge in [-0.2, -0.15) is 0 Å². The van der Waals surface area contributed by atoms with Crippen LogP contribution in [0.5, 0.6) is 0 Å². The smallest absolute Gasteiger partial charge is 0.259 e. The van der Waals surface area contributed by atoms with Gasteiger partial charge in [0, 0.05) is 31.7 Å². The number of hydrogen-bond donors (Lipinski definition) is 0. The summed E-state index contributed by atoms with van der Waals surface area (Å²) in [4.78, 5) is 28.6. The Balaban J connectivity index is 1.66. The Labute approximate surface area is 155 Å². The van der Waals surface area contributed by atoms with Crippen LogP contribution in [0.2, 0.25) is 10.0 Å². The molecule has 8 heteroatoms. The van der Waals surface area contributed by atoms with E-state index in [0.29, 0.717) is 58.8 Å². The van der Waals surface area contributed by atoms with Crippen molar-refractivity contribution in [1.29, 1.82) is 0 Å². The number of piperazine rings is 1. The predicted octanol–water partition coefficient (Wildman–Crippen LogP) is 3.20. The Kier molecular flexibility index (Phi) is 5.01. The van der Waals surface area contributed by atoms with Crippen molar-refractivity contribution < 1.29 is 14.1 Å². The van der Waals surface area contributed by atoms with Gasteiger partial charge in [-0.1, -0.05) is 28.4 Å². The lowest BCUT2D eigenvalue weighted by atomic mass is 10.1. The molecule has 2 heterocycles. The van der Waals surface area contributed by atoms with Crippen LogP contribution in [0.3, 0.4) is 0 Å². The summed E-state index contributed by atoms with van der Waals surface area (Å²) in [5, 5.41) is 4.58. The number of carbonyl (C=O) groups is 2. The van der Waals surface area contributed by atoms with Crippen molar-refractivity contribution in [2.24, 2.45) is 0 Å². The third-order valence-electron chi connectivity index (χ3n) is 4.27. The maximum atomic E-state index is 12.6. The zero-order valence-electron chi connectivity index (χ0n) is 13.9. The molecule has 1 aromatic carbocycles. The minimum absolute atomic E-state index is 0.113. The number of nitrogens with zero attached hydrogens (tertiary/aromatic N) is 3. The number of rotatable bonds is 2. The molecular formula is C17H17Cl2N3O3. The molecule has 2 amide bonds. The Morgan fingerprint density at radius 3 is 2.12 bits per heavy atom. The van der Waals surface area contributed by atoms with Gasteiger partial charge >= 0.3 is 0 Å². The van der Waals surface area contributed by atoms with Crippen LogP contribution in [0.1, 0.15) is 32.2 Å². The SMILES string of the molecule is Cc1noc(C)c1C(=O)N1CCN(C(=O)c2ccc(Cl)c(Cl)c2)CC1. The molecule has 1 aromatic heterocycles. The molecule has 0 N–H and O–H groups in total. The lowest BCUT2D eigenvalue weighted by Gasteiger charge is -2.34. The van der Waals surface area contributed by atoms with Crippen molar-refractivity contribution >= 4 is 35.0 Å². The highest BCUT2D eigenvalue weighted by Gasteiger charge is 2.28. The second kappa shape index (κ2) is 7.06. The van der Waals surface area contributed by atoms with Crippen molar-refractivity contribution in [3.63, 3.8) is 0 Å². The maximum absolute atomic E-state index is 12.6. The summed E-state index contributed by atoms with van der Waals surface area (Å²) in [6.07, 6.45) is 0. The van der Waals surface area contributed by atoms with Crippen molar-refractivity contribution in [2.75, 3.05) is 26.2 Å². The third kappa shape index (κ3) is 3.50. The first-order valence-corrected chi connectivity index (χ1v) is 8.60. The van der Waals surface area contributed by atoms with Crippen LogP contribution < -0.4 is 0 Å². The molecule has 0 radical (unpaired) electrons. The van der Waals surface area contributed by atoms with E-state index < -0.39 is 0 Å². The van der Waals surface area contributed by atoms with Crippen LogP contribution >= 0.6 is 23.2 Å². The van der Waals surface area contributed by atoms with Crippen LogP contribution in [-0.4, -0.2) is 52.9 Å². The van der Waals surface area contributed by atoms with Gasteiger partial charge in [0.25, 0.3) is 11.8 Å². The van der Waals surface area contributed by atoms with Crippen molar-refractivity contribution in [2.45, 2.75) is 13.8 Å². The van der Waals surface area contributed by atoms with E-state index in [4.69, 9.17) is 27.7 Å². The van der Waals surface area contributed by atoms with Crippen LogP contribution in [-0.2, 0) is 0 Å². The molecule has 1 aliphatic rings. The number of aryl methyl sites for hydroxylation is 2. The van der Waals surface area contributed by atoms with Crippen LogP contribution in [0.4, 0.5) is 0 Å². The number of halogens is 2. The van der Waals surface area contributed by atoms with E-state index in [1.165, 1.54) is 0 Å². The van der Waals surface area contributed by atoms with E-state index in [1.54, 1.807) is 41.8 Å². The predicted molar refractivity (Wildman–Crippen MR) is 94.2 cm³/mol. The van der Waals surface area contributed by atoms with Gasteiger partial charge in [-0.3, -0.25) is 9.59 Å². The fourth-order valence-electron chi connectivity index (χ4n) is 2.87. The number of amides is 2. The minimum Gasteiger partial charge on any atom is -0.361 e. The monoisotopic (exact) mass is 381 g/mol. The largest absolute Gasteiger partial charge is 0.361 e. The van der Waals surface area contributed by atoms with E-state index in [-0.39, 0.29) is 11.8 Å². The molecule has 2 aromatic rings. The molecule has 1 fully saturated rings. The molecule has 25 heavy (non-hydrogen) atoms. The summed E-state index contributed by atoms with van der Waals surface area (Å²) >= 11 is 11.9. The van der Waals surface area contributed by atoms with Crippen LogP contribution in [0, 0.1) is 13.8 Å². The van der Waals surface area contributed by atoms with E-state index in [2.05, 4.69) is 5.16 Å². The van der Waals surface area contributed by atoms with Crippen molar-refractivity contribution in [1.82, 2.24) is 15.0 Å². The first kappa shape index (κ1) is 17.8. The molecule has 0 atom stereocenters. The molecule has 0 spiro atoms. The second-order valence-corrected chi connectivity index (χ2v) is 6.73. The third-order valence-corrected chi connectivity index (χ3v) is 5.01. The fourth-order valence-corrected chi connectivity index (χ4v) is 3.17. The van der Waals surface area contributed by atoms with Gasteiger partial charge in [0.1, 0.15) is 11.3 Å². The fraction of sp³-hybridized carbons (Fsp3) is 0.353. The minimum atomic E-state index is -0.122. The molecule has 0 unspecified atom stereocenters. The summed E-state index contributed by atoms with van der Waals surface area (Å²) in [5.74, 6) is 0.276. The Morgan fingerprint density at radius 1 is 1.00 bits per heavy atom. The van der Waals surface area contributed by atoms with Gasteiger partial charge in [-0.15, -0.1) is 0 Å². The lowest BCUT2D eigenvalue weighted by Crippen LogP contribution is -2.50. The van der Waals surface area contributed by atoms with E-state index in [0.717, 1.165) is 0 Å². The highest BCUT2D eigenvalue weighted by atomic mass is 35.5. The molecule has 1 saturated heterocycles. The highest BCUT2D eigenvalue weighted by molar-refractivity contribution is 6.42. The number of benzene rings is 1. The van der Waals surface area contributed by atoms with Gasteiger partial charge in [0.05, 0.1) is 15.7 Å². The van der Waals surface area contributed by atoms with E-state index in [1.807, 2.05) is 0 Å². The Bertz CT molecular complexity index is 807. The molecule has 0 bridgehead atoms. The quantitative estimate of drug-likeness (QED) is 0.800. The first-order chi connectivity index (χ1) is 11.9. The zero-order chi connectivity index (χ0) is 18.1. The standard InChI is InChI=1S/C17H17Cl2N3O3/c1-10-15(11(2)25-20-10)17(24)22-7-5-21(6-8-22)16(23)12-3-4-13(18)14(19)9-12/h3-4,9H,5-8H2,1-2H3. The molecular weight excluding hydrogens is 365 g/mol. The zero-order valence-corrected chi connectivity index (χ0v) is 15.4. The average Bonchev–Trinajstić information content (AvgIpc) is 2.95. The van der Waals surface area contributed by atoms with Crippen LogP contribution in [0.15, 0.2) is 22.7 Å². The first-order valence-electron chi connectivity index (χ1n) is 7.85. The summed E-state index contributed by atoms with van der Waals surface area (Å²) in [5.41, 5.74) is 1.57. The Morgan fingerprint density at radius 2 is 1.60 bits per heavy atom. The van der Waals surface area contributed by atoms with Gasteiger partial charge in [-0.05, 0) is 32.0 Å². The maximum Gasteiger partial charge on any atom is 0.259 e. The van der Waals surface area contributed by atoms with Gasteiger partial charge in [0.2, 0.25) is 0 Å². The summed E-state index contributed by atoms with van der Waals surface area (Å²) in [6, 6.07) is 4.82. The van der Waals surface area contributed by atoms with Crippen molar-refractivity contribution in [3.05, 3.63) is 50.8 Å². The molecule has 0 saturated carbocycles. The molecule has 1 aliphatic heterocycles. The van der Waals surface area contributed by atoms with Crippen molar-refractivity contribution in [3.8, 4) is 0 Å². The van der Waals surface area contributed by atoms with Crippen LogP contribution in [0.25, 0.3) is 0 Å². The van der Waals surface area contributed by atoms with Gasteiger partial charge in [-0.25, -0.2) is 0 Å². The average molecular weight is 382 g/mol. The summed E-state index contributed by atoms with van der Waals surface area (Å²) < 4.78 is 5.06. The van der Waals surface area contributed by atoms with Gasteiger partial charge in [0.15, 0.2) is 0 Å². The second-order valence-electron chi connectivity index (χ2n) is 5.91. The molecule has 0 aliphatic carbocycles. The topological polar surface area (TPSA) is 66.7 Å². The summed E-state index contributed by atoms with van der Waals surface area (Å²) in [6.45, 7) is 5.28. The molecule has 3 rings (SSSR count). The summed E-state index contributed by atoms with van der Waals surface area (Å²) in [7, 11) is 0. The number of hydrogen-bond acceptors (Lipinski definition) is 4. The number of carbonyl (C=O) groups excluding carboxylic acids is 2. The van der Waals surface area contributed by atoms with E-state index >= 15 is 0 Å². The number of aromatic nitrogens is 1. The Hall–Kier alpha value is -2.05. The van der Waals surface area contributed by atoms with E-state index in [9.17, 15) is 9.59 Å².